The van der Waals surface area contributed by atoms with E-state index in [0.717, 1.165) is 4.90 Å². The summed E-state index contributed by atoms with van der Waals surface area (Å²) in [6.45, 7) is 9.06. The topological polar surface area (TPSA) is 300 Å². The van der Waals surface area contributed by atoms with E-state index in [0.29, 0.717) is 77.5 Å². The number of anilines is 2. The van der Waals surface area contributed by atoms with Gasteiger partial charge in [-0.25, -0.2) is 15.0 Å². The molecular weight excluding hydrogens is 907 g/mol. The summed E-state index contributed by atoms with van der Waals surface area (Å²) in [5.74, 6) is -2.57. The van der Waals surface area contributed by atoms with Gasteiger partial charge in [-0.3, -0.25) is 53.8 Å². The van der Waals surface area contributed by atoms with Gasteiger partial charge in [0.1, 0.15) is 17.0 Å². The molecule has 2 aromatic carbocycles. The van der Waals surface area contributed by atoms with E-state index in [1.54, 1.807) is 56.8 Å². The standard InChI is InChI=1S/C47H51N13O10/c1-5-31-41(70-27(4)50-31)45(67)54-47-52-33-22-29(43(49)65)23-36(69-19-9-18-68-30-24-56(25-30)37(61)14-17-58-38(62)12-13-39(58)63)40(33)59(47)16-8-7-15-57-34-11-10-28(42(48)64)21-32(34)51-46(57)53-44(66)35-20-26(3)55-60(35)6-2/h7-8,10-13,20-23,30H,5-6,9,14-19,24-25H2,1-4H3,(H2,48,64)(H2,49,65)(H,51,53,66)(H,52,54,67)/b8-7+. The number of carbonyl (C=O) groups is 7. The second-order valence-corrected chi connectivity index (χ2v) is 16.5. The summed E-state index contributed by atoms with van der Waals surface area (Å²) in [6, 6.07) is 9.49. The molecule has 0 radical (unpaired) electrons. The number of hydrogen-bond donors (Lipinski definition) is 4. The lowest BCUT2D eigenvalue weighted by Gasteiger charge is -2.39. The maximum atomic E-state index is 13.8. The van der Waals surface area contributed by atoms with Crippen LogP contribution in [0.25, 0.3) is 22.1 Å². The second-order valence-electron chi connectivity index (χ2n) is 16.5. The van der Waals surface area contributed by atoms with Crippen molar-refractivity contribution in [3.05, 3.63) is 101 Å². The van der Waals surface area contributed by atoms with Crippen LogP contribution in [0.5, 0.6) is 5.75 Å². The van der Waals surface area contributed by atoms with Crippen molar-refractivity contribution in [2.24, 2.45) is 11.5 Å². The minimum Gasteiger partial charge on any atom is -0.491 e. The number of nitrogens with two attached hydrogens (primary N) is 2. The van der Waals surface area contributed by atoms with Gasteiger partial charge >= 0.3 is 0 Å². The lowest BCUT2D eigenvalue weighted by molar-refractivity contribution is -0.146. The number of primary amides is 2. The van der Waals surface area contributed by atoms with Crippen molar-refractivity contribution in [3.63, 3.8) is 0 Å². The highest BCUT2D eigenvalue weighted by Crippen LogP contribution is 2.32. The van der Waals surface area contributed by atoms with Crippen molar-refractivity contribution in [2.45, 2.75) is 72.7 Å². The minimum atomic E-state index is -0.730. The van der Waals surface area contributed by atoms with Gasteiger partial charge in [-0.1, -0.05) is 19.1 Å². The highest BCUT2D eigenvalue weighted by molar-refractivity contribution is 6.13. The smallest absolute Gasteiger partial charge is 0.295 e. The van der Waals surface area contributed by atoms with Crippen LogP contribution in [0.1, 0.15) is 85.7 Å². The molecule has 0 atom stereocenters. The molecule has 1 fully saturated rings. The first-order valence-electron chi connectivity index (χ1n) is 22.6. The van der Waals surface area contributed by atoms with Gasteiger partial charge in [-0.15, -0.1) is 0 Å². The number of rotatable bonds is 21. The third-order valence-corrected chi connectivity index (χ3v) is 11.6. The Morgan fingerprint density at radius 2 is 1.50 bits per heavy atom. The van der Waals surface area contributed by atoms with Crippen LogP contribution in [0.2, 0.25) is 0 Å². The number of nitrogens with one attached hydrogen (secondary N) is 2. The number of hydrogen-bond acceptors (Lipinski definition) is 14. The zero-order valence-corrected chi connectivity index (χ0v) is 38.9. The number of likely N-dealkylation sites (tertiary alicyclic amines) is 1. The Morgan fingerprint density at radius 3 is 2.20 bits per heavy atom. The van der Waals surface area contributed by atoms with Crippen LogP contribution in [-0.2, 0) is 45.2 Å². The third-order valence-electron chi connectivity index (χ3n) is 11.6. The van der Waals surface area contributed by atoms with E-state index in [1.807, 2.05) is 26.0 Å². The predicted molar refractivity (Wildman–Crippen MR) is 252 cm³/mol. The zero-order valence-electron chi connectivity index (χ0n) is 38.9. The van der Waals surface area contributed by atoms with Crippen LogP contribution in [0.4, 0.5) is 11.9 Å². The summed E-state index contributed by atoms with van der Waals surface area (Å²) in [5.41, 5.74) is 14.9. The quantitative estimate of drug-likeness (QED) is 0.0458. The molecule has 0 saturated carbocycles. The molecule has 6 N–H and O–H groups in total. The maximum absolute atomic E-state index is 13.8. The molecule has 364 valence electrons. The van der Waals surface area contributed by atoms with E-state index < -0.39 is 35.4 Å². The number of nitrogens with zero attached hydrogens (tertiary/aromatic N) is 9. The lowest BCUT2D eigenvalue weighted by atomic mass is 10.1. The molecular formula is C47H51N13O10. The highest BCUT2D eigenvalue weighted by Gasteiger charge is 2.33. The van der Waals surface area contributed by atoms with Crippen LogP contribution >= 0.6 is 0 Å². The fraction of sp³-hybridized carbons (Fsp3) is 0.340. The lowest BCUT2D eigenvalue weighted by Crippen LogP contribution is -2.55. The van der Waals surface area contributed by atoms with Gasteiger partial charge in [0, 0.05) is 82.3 Å². The number of aromatic nitrogens is 7. The zero-order chi connectivity index (χ0) is 49.8. The van der Waals surface area contributed by atoms with Crippen LogP contribution in [0.3, 0.4) is 0 Å². The van der Waals surface area contributed by atoms with Gasteiger partial charge in [0.05, 0.1) is 47.3 Å². The van der Waals surface area contributed by atoms with Crippen molar-refractivity contribution < 1.29 is 47.5 Å². The number of imidazole rings is 2. The maximum Gasteiger partial charge on any atom is 0.295 e. The van der Waals surface area contributed by atoms with Crippen LogP contribution in [0.15, 0.2) is 65.1 Å². The van der Waals surface area contributed by atoms with Gasteiger partial charge in [0.2, 0.25) is 35.4 Å². The Bertz CT molecular complexity index is 3110. The van der Waals surface area contributed by atoms with Crippen molar-refractivity contribution in [1.82, 2.24) is 43.7 Å². The Balaban J connectivity index is 1.01. The summed E-state index contributed by atoms with van der Waals surface area (Å²) in [4.78, 5) is 105. The first-order chi connectivity index (χ1) is 33.6. The van der Waals surface area contributed by atoms with Gasteiger partial charge in [0.25, 0.3) is 23.6 Å². The van der Waals surface area contributed by atoms with Crippen molar-refractivity contribution in [1.29, 1.82) is 0 Å². The summed E-state index contributed by atoms with van der Waals surface area (Å²) in [6.07, 6.45) is 6.66. The van der Waals surface area contributed by atoms with E-state index >= 15 is 0 Å². The number of aryl methyl sites for hydroxylation is 4. The first kappa shape index (κ1) is 48.0. The molecule has 4 aromatic heterocycles. The molecule has 6 aromatic rings. The monoisotopic (exact) mass is 957 g/mol. The molecule has 23 nitrogen and oxygen atoms in total. The number of oxazole rings is 1. The third kappa shape index (κ3) is 10.2. The van der Waals surface area contributed by atoms with E-state index in [-0.39, 0.29) is 85.8 Å². The fourth-order valence-corrected chi connectivity index (χ4v) is 8.11. The molecule has 70 heavy (non-hydrogen) atoms. The number of amides is 7. The molecule has 0 unspecified atom stereocenters. The number of fused-ring (bicyclic) bond motifs is 2. The summed E-state index contributed by atoms with van der Waals surface area (Å²) in [7, 11) is 0. The molecule has 6 heterocycles. The largest absolute Gasteiger partial charge is 0.491 e. The van der Waals surface area contributed by atoms with E-state index in [9.17, 15) is 33.6 Å². The van der Waals surface area contributed by atoms with E-state index in [2.05, 4.69) is 25.7 Å². The Hall–Kier alpha value is -8.47. The minimum absolute atomic E-state index is 0.0109. The van der Waals surface area contributed by atoms with Gasteiger partial charge in [0.15, 0.2) is 5.89 Å². The molecule has 7 amide bonds. The second kappa shape index (κ2) is 20.4. The first-order valence-corrected chi connectivity index (χ1v) is 22.6. The molecule has 0 spiro atoms. The van der Waals surface area contributed by atoms with Crippen molar-refractivity contribution >= 4 is 75.3 Å². The van der Waals surface area contributed by atoms with Crippen molar-refractivity contribution in [3.8, 4) is 5.75 Å². The Labute approximate surface area is 399 Å². The Kier molecular flexibility index (Phi) is 14.0. The number of allylic oxidation sites excluding steroid dienone is 2. The van der Waals surface area contributed by atoms with Crippen LogP contribution in [-0.4, -0.2) is 124 Å². The average molecular weight is 958 g/mol. The normalized spacial score (nSPS) is 13.8. The average Bonchev–Trinajstić information content (AvgIpc) is 4.13. The van der Waals surface area contributed by atoms with Gasteiger partial charge in [-0.05, 0) is 56.7 Å². The summed E-state index contributed by atoms with van der Waals surface area (Å²) >= 11 is 0. The SMILES string of the molecule is CCc1nc(C)oc1C(=O)Nc1nc2cc(C(N)=O)cc(OCCCOC3CN(C(=O)CCN4C(=O)C=CC4=O)C3)c2n1C/C=C/Cn1c(NC(=O)c2cc(C)nn2CC)nc2cc(C(N)=O)ccc21. The van der Waals surface area contributed by atoms with Crippen LogP contribution < -0.4 is 26.8 Å². The molecule has 8 rings (SSSR count). The fourth-order valence-electron chi connectivity index (χ4n) is 8.11. The van der Waals surface area contributed by atoms with Crippen LogP contribution in [0, 0.1) is 13.8 Å². The van der Waals surface area contributed by atoms with Gasteiger partial charge < -0.3 is 39.4 Å². The molecule has 1 saturated heterocycles. The van der Waals surface area contributed by atoms with Crippen molar-refractivity contribution in [2.75, 3.05) is 43.5 Å². The molecule has 0 aliphatic carbocycles. The number of imide groups is 1. The highest BCUT2D eigenvalue weighted by atomic mass is 16.5. The number of benzene rings is 2. The Morgan fingerprint density at radius 1 is 0.829 bits per heavy atom. The predicted octanol–water partition coefficient (Wildman–Crippen LogP) is 3.04. The number of carbonyl (C=O) groups excluding carboxylic acids is 7. The van der Waals surface area contributed by atoms with E-state index in [1.165, 1.54) is 24.3 Å². The molecule has 2 aliphatic heterocycles. The molecule has 23 heteroatoms. The molecule has 2 aliphatic rings. The van der Waals surface area contributed by atoms with E-state index in [4.69, 9.17) is 30.3 Å². The molecule has 0 bridgehead atoms. The summed E-state index contributed by atoms with van der Waals surface area (Å²) in [5, 5.41) is 10.1. The van der Waals surface area contributed by atoms with Gasteiger partial charge in [-0.2, -0.15) is 5.10 Å². The number of ether oxygens (including phenoxy) is 2. The summed E-state index contributed by atoms with van der Waals surface area (Å²) < 4.78 is 23.0.